The maximum Gasteiger partial charge on any atom is 0.171 e. The molecule has 0 bridgehead atoms. The van der Waals surface area contributed by atoms with Gasteiger partial charge in [-0.15, -0.1) is 0 Å². The molecular formula is C78H60O5P4. The predicted molar refractivity (Wildman–Crippen MR) is 365 cm³/mol. The van der Waals surface area contributed by atoms with Crippen molar-refractivity contribution in [2.45, 2.75) is 10.8 Å². The number of fused-ring (bicyclic) bond motifs is 8. The van der Waals surface area contributed by atoms with Gasteiger partial charge in [0.2, 0.25) is 0 Å². The van der Waals surface area contributed by atoms with Crippen LogP contribution >= 0.6 is 30.9 Å². The quantitative estimate of drug-likeness (QED) is 0.114. The van der Waals surface area contributed by atoms with Crippen molar-refractivity contribution < 1.29 is 23.5 Å². The Balaban J connectivity index is 0.000000147. The van der Waals surface area contributed by atoms with E-state index in [2.05, 4.69) is 237 Å². The Kier molecular flexibility index (Phi) is 14.9. The van der Waals surface area contributed by atoms with Gasteiger partial charge in [0.1, 0.15) is 49.4 Å². The fourth-order valence-corrected chi connectivity index (χ4v) is 24.2. The van der Waals surface area contributed by atoms with Crippen LogP contribution in [0.3, 0.4) is 0 Å². The summed E-state index contributed by atoms with van der Waals surface area (Å²) in [7, 11) is -5.85. The van der Waals surface area contributed by atoms with Gasteiger partial charge in [-0.1, -0.05) is 291 Å². The lowest BCUT2D eigenvalue weighted by Gasteiger charge is -2.31. The van der Waals surface area contributed by atoms with Crippen molar-refractivity contribution in [1.82, 2.24) is 0 Å². The van der Waals surface area contributed by atoms with Crippen molar-refractivity contribution in [3.05, 3.63) is 338 Å². The van der Waals surface area contributed by atoms with Crippen LogP contribution in [0, 0.1) is 0 Å². The first kappa shape index (κ1) is 55.0. The van der Waals surface area contributed by atoms with Gasteiger partial charge < -0.3 is 23.5 Å². The minimum Gasteiger partial charge on any atom is -0.492 e. The van der Waals surface area contributed by atoms with E-state index in [4.69, 9.17) is 18.9 Å². The average molecular weight is 1200 g/mol. The molecule has 4 heterocycles. The van der Waals surface area contributed by atoms with Crippen molar-refractivity contribution >= 4 is 94.6 Å². The lowest BCUT2D eigenvalue weighted by Crippen LogP contribution is -2.40. The third-order valence-corrected chi connectivity index (χ3v) is 27.8. The Bertz CT molecular complexity index is 4140. The summed E-state index contributed by atoms with van der Waals surface area (Å²) in [5, 5.41) is 14.3. The van der Waals surface area contributed by atoms with Crippen LogP contribution in [-0.2, 0) is 15.4 Å². The van der Waals surface area contributed by atoms with Crippen molar-refractivity contribution in [3.8, 4) is 23.0 Å². The van der Waals surface area contributed by atoms with Gasteiger partial charge in [-0.3, -0.25) is 0 Å². The van der Waals surface area contributed by atoms with E-state index < -0.39 is 41.7 Å². The van der Waals surface area contributed by atoms with Crippen LogP contribution < -0.4 is 82.6 Å². The van der Waals surface area contributed by atoms with Gasteiger partial charge in [0, 0.05) is 38.2 Å². The van der Waals surface area contributed by atoms with Gasteiger partial charge in [-0.05, 0) is 95.8 Å². The second kappa shape index (κ2) is 23.6. The summed E-state index contributed by atoms with van der Waals surface area (Å²) in [5.74, 6) is 3.62. The Morgan fingerprint density at radius 1 is 0.253 bits per heavy atom. The van der Waals surface area contributed by atoms with E-state index in [1.54, 1.807) is 0 Å². The van der Waals surface area contributed by atoms with E-state index in [0.717, 1.165) is 50.0 Å². The lowest BCUT2D eigenvalue weighted by atomic mass is 9.78. The minimum absolute atomic E-state index is 0.397. The summed E-state index contributed by atoms with van der Waals surface area (Å²) in [6.45, 7) is 2.01. The molecule has 87 heavy (non-hydrogen) atoms. The summed E-state index contributed by atoms with van der Waals surface area (Å²) in [6.07, 6.45) is 0. The largest absolute Gasteiger partial charge is 0.492 e. The van der Waals surface area contributed by atoms with Crippen LogP contribution in [0.25, 0.3) is 0 Å². The smallest absolute Gasteiger partial charge is 0.171 e. The molecule has 1 unspecified atom stereocenters. The SMILES string of the molecule is O=P(c1ccccc1)(c1ccccc1)c1cccc2c1C1(COc3cccc(P(c4ccccc4)c4ccccc4)c31)CO2.c1ccc(P(c2ccccc2)c2cccc3c2C2(CO3)COc3cccc(P(c4ccccc4)c4ccccc4)c32)cc1. The maximum atomic E-state index is 15.8. The Hall–Kier alpha value is -8.64. The van der Waals surface area contributed by atoms with E-state index in [9.17, 15) is 0 Å². The van der Waals surface area contributed by atoms with Crippen LogP contribution in [0.1, 0.15) is 22.3 Å². The number of hydrogen-bond donors (Lipinski definition) is 0. The number of ether oxygens (including phenoxy) is 4. The molecule has 16 rings (SSSR count). The highest BCUT2D eigenvalue weighted by molar-refractivity contribution is 7.85. The molecule has 12 aromatic rings. The Morgan fingerprint density at radius 3 is 0.759 bits per heavy atom. The molecule has 0 saturated heterocycles. The second-order valence-electron chi connectivity index (χ2n) is 22.2. The predicted octanol–water partition coefficient (Wildman–Crippen LogP) is 12.4. The molecule has 0 aliphatic carbocycles. The van der Waals surface area contributed by atoms with Crippen molar-refractivity contribution in [1.29, 1.82) is 0 Å². The highest BCUT2D eigenvalue weighted by Gasteiger charge is 2.55. The first-order chi connectivity index (χ1) is 43.0. The molecule has 1 atom stereocenters. The zero-order valence-electron chi connectivity index (χ0n) is 47.7. The molecule has 4 aliphatic heterocycles. The van der Waals surface area contributed by atoms with Gasteiger partial charge in [0.05, 0.1) is 10.8 Å². The molecule has 9 heteroatoms. The molecule has 2 spiro atoms. The van der Waals surface area contributed by atoms with Gasteiger partial charge in [-0.2, -0.15) is 0 Å². The fourth-order valence-electron chi connectivity index (χ4n) is 13.5. The number of hydrogen-bond acceptors (Lipinski definition) is 5. The van der Waals surface area contributed by atoms with Gasteiger partial charge in [-0.25, -0.2) is 0 Å². The maximum absolute atomic E-state index is 15.8. The molecule has 5 nitrogen and oxygen atoms in total. The van der Waals surface area contributed by atoms with Crippen molar-refractivity contribution in [3.63, 3.8) is 0 Å². The van der Waals surface area contributed by atoms with Crippen LogP contribution in [0.5, 0.6) is 23.0 Å². The van der Waals surface area contributed by atoms with Gasteiger partial charge >= 0.3 is 0 Å². The van der Waals surface area contributed by atoms with Crippen LogP contribution in [-0.4, -0.2) is 26.4 Å². The fraction of sp³-hybridized carbons (Fsp3) is 0.0769. The van der Waals surface area contributed by atoms with E-state index in [1.165, 1.54) is 58.9 Å². The highest BCUT2D eigenvalue weighted by atomic mass is 31.2. The Morgan fingerprint density at radius 2 is 0.483 bits per heavy atom. The molecule has 0 N–H and O–H groups in total. The topological polar surface area (TPSA) is 54.0 Å². The van der Waals surface area contributed by atoms with Crippen LogP contribution in [0.4, 0.5) is 0 Å². The van der Waals surface area contributed by atoms with Crippen LogP contribution in [0.15, 0.2) is 315 Å². The standard InChI is InChI=1S/C39H30O3P2.C39H30O2P2/c40-44(31-19-9-3-10-20-31,32-21-11-4-12-22-32)36-26-14-24-34-38(36)39(28-42-34)27-41-33-23-13-25-35(37(33)39)43(29-15-5-1-6-16-29)30-17-7-2-8-18-30;1-5-15-29(16-6-1)42(30-17-7-2-8-18-30)35-25-13-23-33-37(35)39(27-40-33)28-41-34-24-14-26-36(38(34)39)43(31-19-9-3-10-20-31)32-21-11-4-12-22-32/h1-26H,27-28H2;1-26H,27-28H2. The minimum atomic E-state index is -3.29. The van der Waals surface area contributed by atoms with E-state index in [0.29, 0.717) is 26.4 Å². The lowest BCUT2D eigenvalue weighted by molar-refractivity contribution is 0.238. The van der Waals surface area contributed by atoms with E-state index >= 15 is 4.57 Å². The third-order valence-electron chi connectivity index (χ3n) is 17.2. The van der Waals surface area contributed by atoms with Gasteiger partial charge in [0.15, 0.2) is 7.14 Å². The van der Waals surface area contributed by atoms with Gasteiger partial charge in [0.25, 0.3) is 0 Å². The molecule has 0 amide bonds. The first-order valence-corrected chi connectivity index (χ1v) is 35.2. The molecule has 0 saturated carbocycles. The van der Waals surface area contributed by atoms with Crippen molar-refractivity contribution in [2.75, 3.05) is 26.4 Å². The highest BCUT2D eigenvalue weighted by Crippen LogP contribution is 2.57. The van der Waals surface area contributed by atoms with Crippen LogP contribution in [0.2, 0.25) is 0 Å². The third kappa shape index (κ3) is 9.65. The summed E-state index contributed by atoms with van der Waals surface area (Å²) < 4.78 is 42.2. The molecule has 0 fully saturated rings. The Labute approximate surface area is 512 Å². The monoisotopic (exact) mass is 1200 g/mol. The normalized spacial score (nSPS) is 15.6. The van der Waals surface area contributed by atoms with E-state index in [-0.39, 0.29) is 0 Å². The average Bonchev–Trinajstić information content (AvgIpc) is 1.70. The zero-order chi connectivity index (χ0) is 58.2. The molecular weight excluding hydrogens is 1140 g/mol. The zero-order valence-corrected chi connectivity index (χ0v) is 51.3. The summed E-state index contributed by atoms with van der Waals surface area (Å²) in [6, 6.07) is 111. The molecule has 422 valence electrons. The summed E-state index contributed by atoms with van der Waals surface area (Å²) in [4.78, 5) is 0. The first-order valence-electron chi connectivity index (χ1n) is 29.5. The molecule has 12 aromatic carbocycles. The summed E-state index contributed by atoms with van der Waals surface area (Å²) in [5.41, 5.74) is 3.70. The summed E-state index contributed by atoms with van der Waals surface area (Å²) >= 11 is 0. The number of benzene rings is 12. The molecule has 0 radical (unpaired) electrons. The van der Waals surface area contributed by atoms with E-state index in [1.807, 2.05) is 78.9 Å². The molecule has 0 aromatic heterocycles. The number of rotatable bonds is 12. The van der Waals surface area contributed by atoms with Crippen molar-refractivity contribution in [2.24, 2.45) is 0 Å². The second-order valence-corrected chi connectivity index (χ2v) is 31.5. The molecule has 4 aliphatic rings.